The van der Waals surface area contributed by atoms with Crippen LogP contribution >= 0.6 is 0 Å². The van der Waals surface area contributed by atoms with Gasteiger partial charge in [-0.15, -0.1) is 0 Å². The predicted molar refractivity (Wildman–Crippen MR) is 89.8 cm³/mol. The molecule has 0 aliphatic carbocycles. The third kappa shape index (κ3) is 3.22. The minimum Gasteiger partial charge on any atom is -0.378 e. The number of benzene rings is 2. The normalized spacial score (nSPS) is 19.4. The first-order valence-corrected chi connectivity index (χ1v) is 9.26. The third-order valence-electron chi connectivity index (χ3n) is 4.25. The number of nitrogens with zero attached hydrogens (tertiary/aromatic N) is 1. The summed E-state index contributed by atoms with van der Waals surface area (Å²) < 4.78 is 46.4. The van der Waals surface area contributed by atoms with Gasteiger partial charge in [0.15, 0.2) is 0 Å². The third-order valence-corrected chi connectivity index (χ3v) is 6.32. The molecule has 6 heteroatoms. The molecule has 128 valence electrons. The molecule has 2 aromatic rings. The van der Waals surface area contributed by atoms with Crippen LogP contribution < -0.4 is 0 Å². The Morgan fingerprint density at radius 1 is 1.12 bits per heavy atom. The molecule has 0 spiro atoms. The van der Waals surface area contributed by atoms with E-state index in [0.717, 1.165) is 16.7 Å². The summed E-state index contributed by atoms with van der Waals surface area (Å²) >= 11 is 0. The molecular weight excluding hydrogens is 329 g/mol. The lowest BCUT2D eigenvalue weighted by Gasteiger charge is -2.35. The molecule has 0 bridgehead atoms. The van der Waals surface area contributed by atoms with Crippen LogP contribution in [0.2, 0.25) is 0 Å². The minimum absolute atomic E-state index is 0.260. The van der Waals surface area contributed by atoms with Crippen molar-refractivity contribution in [1.82, 2.24) is 4.31 Å². The number of aryl methyl sites for hydroxylation is 2. The number of sulfonamides is 1. The average molecular weight is 349 g/mol. The number of hydrogen-bond acceptors (Lipinski definition) is 3. The second-order valence-corrected chi connectivity index (χ2v) is 7.89. The van der Waals surface area contributed by atoms with Gasteiger partial charge in [-0.1, -0.05) is 29.8 Å². The summed E-state index contributed by atoms with van der Waals surface area (Å²) in [6, 6.07) is 10.8. The molecule has 4 nitrogen and oxygen atoms in total. The Morgan fingerprint density at radius 3 is 2.50 bits per heavy atom. The lowest BCUT2D eigenvalue weighted by molar-refractivity contribution is 0.0320. The van der Waals surface area contributed by atoms with E-state index in [1.807, 2.05) is 13.0 Å². The van der Waals surface area contributed by atoms with Gasteiger partial charge in [0.05, 0.1) is 24.2 Å². The summed E-state index contributed by atoms with van der Waals surface area (Å²) in [5, 5.41) is 0. The van der Waals surface area contributed by atoms with E-state index in [1.165, 1.54) is 16.4 Å². The van der Waals surface area contributed by atoms with Gasteiger partial charge in [-0.3, -0.25) is 0 Å². The van der Waals surface area contributed by atoms with Gasteiger partial charge in [0.1, 0.15) is 5.82 Å². The van der Waals surface area contributed by atoms with Crippen molar-refractivity contribution in [3.05, 3.63) is 65.0 Å². The van der Waals surface area contributed by atoms with Crippen LogP contribution in [0.25, 0.3) is 0 Å². The lowest BCUT2D eigenvalue weighted by Crippen LogP contribution is -2.43. The largest absolute Gasteiger partial charge is 0.378 e. The van der Waals surface area contributed by atoms with Crippen LogP contribution in [-0.4, -0.2) is 32.5 Å². The molecule has 1 fully saturated rings. The highest BCUT2D eigenvalue weighted by Gasteiger charge is 2.35. The second kappa shape index (κ2) is 6.63. The predicted octanol–water partition coefficient (Wildman–Crippen LogP) is 3.20. The molecule has 0 saturated carbocycles. The molecule has 24 heavy (non-hydrogen) atoms. The first-order valence-electron chi connectivity index (χ1n) is 7.82. The SMILES string of the molecule is Cc1ccc(S(=O)(=O)N2CCOCC2c2ccc(F)cc2)c(C)c1. The van der Waals surface area contributed by atoms with Crippen LogP contribution in [0.4, 0.5) is 4.39 Å². The van der Waals surface area contributed by atoms with E-state index in [9.17, 15) is 12.8 Å². The van der Waals surface area contributed by atoms with Crippen molar-refractivity contribution < 1.29 is 17.5 Å². The van der Waals surface area contributed by atoms with E-state index in [1.54, 1.807) is 31.2 Å². The Hall–Kier alpha value is -1.76. The van der Waals surface area contributed by atoms with E-state index in [4.69, 9.17) is 4.74 Å². The zero-order valence-corrected chi connectivity index (χ0v) is 14.5. The lowest BCUT2D eigenvalue weighted by atomic mass is 10.1. The fraction of sp³-hybridized carbons (Fsp3) is 0.333. The maximum atomic E-state index is 13.2. The van der Waals surface area contributed by atoms with Gasteiger partial charge in [-0.25, -0.2) is 12.8 Å². The fourth-order valence-corrected chi connectivity index (χ4v) is 4.83. The molecule has 0 radical (unpaired) electrons. The summed E-state index contributed by atoms with van der Waals surface area (Å²) in [6.45, 7) is 4.61. The van der Waals surface area contributed by atoms with Gasteiger partial charge in [0.25, 0.3) is 0 Å². The Kier molecular flexibility index (Phi) is 4.71. The maximum Gasteiger partial charge on any atom is 0.244 e. The number of rotatable bonds is 3. The number of hydrogen-bond donors (Lipinski definition) is 0. The average Bonchev–Trinajstić information content (AvgIpc) is 2.55. The van der Waals surface area contributed by atoms with Crippen LogP contribution in [0.5, 0.6) is 0 Å². The van der Waals surface area contributed by atoms with E-state index in [-0.39, 0.29) is 19.0 Å². The van der Waals surface area contributed by atoms with Crippen molar-refractivity contribution >= 4 is 10.0 Å². The van der Waals surface area contributed by atoms with Crippen molar-refractivity contribution in [2.24, 2.45) is 0 Å². The van der Waals surface area contributed by atoms with Gasteiger partial charge in [0.2, 0.25) is 10.0 Å². The Morgan fingerprint density at radius 2 is 1.83 bits per heavy atom. The molecule has 1 saturated heterocycles. The van der Waals surface area contributed by atoms with Gasteiger partial charge in [-0.05, 0) is 43.2 Å². The highest BCUT2D eigenvalue weighted by atomic mass is 32.2. The summed E-state index contributed by atoms with van der Waals surface area (Å²) in [4.78, 5) is 0.308. The fourth-order valence-electron chi connectivity index (χ4n) is 3.04. The van der Waals surface area contributed by atoms with Crippen LogP contribution in [0.1, 0.15) is 22.7 Å². The van der Waals surface area contributed by atoms with E-state index in [2.05, 4.69) is 0 Å². The van der Waals surface area contributed by atoms with Gasteiger partial charge >= 0.3 is 0 Å². The number of halogens is 1. The highest BCUT2D eigenvalue weighted by molar-refractivity contribution is 7.89. The van der Waals surface area contributed by atoms with Crippen molar-refractivity contribution in [2.45, 2.75) is 24.8 Å². The van der Waals surface area contributed by atoms with Gasteiger partial charge in [0, 0.05) is 6.54 Å². The molecule has 1 aliphatic heterocycles. The van der Waals surface area contributed by atoms with Crippen molar-refractivity contribution in [3.63, 3.8) is 0 Å². The van der Waals surface area contributed by atoms with Gasteiger partial charge < -0.3 is 4.74 Å². The summed E-state index contributed by atoms with van der Waals surface area (Å²) in [5.74, 6) is -0.348. The molecule has 0 aromatic heterocycles. The van der Waals surface area contributed by atoms with Gasteiger partial charge in [-0.2, -0.15) is 4.31 Å². The minimum atomic E-state index is -3.66. The van der Waals surface area contributed by atoms with Crippen molar-refractivity contribution in [1.29, 1.82) is 0 Å². The van der Waals surface area contributed by atoms with Crippen LogP contribution in [0, 0.1) is 19.7 Å². The zero-order valence-electron chi connectivity index (χ0n) is 13.7. The summed E-state index contributed by atoms with van der Waals surface area (Å²) in [5.41, 5.74) is 2.47. The van der Waals surface area contributed by atoms with Crippen molar-refractivity contribution in [2.75, 3.05) is 19.8 Å². The molecule has 1 aliphatic rings. The zero-order chi connectivity index (χ0) is 17.3. The maximum absolute atomic E-state index is 13.2. The smallest absolute Gasteiger partial charge is 0.244 e. The monoisotopic (exact) mass is 349 g/mol. The number of morpholine rings is 1. The second-order valence-electron chi connectivity index (χ2n) is 6.03. The number of ether oxygens (including phenoxy) is 1. The quantitative estimate of drug-likeness (QED) is 0.855. The molecule has 0 amide bonds. The molecule has 2 aromatic carbocycles. The first kappa shape index (κ1) is 17.1. The molecule has 1 atom stereocenters. The molecule has 0 N–H and O–H groups in total. The molecular formula is C18H20FNO3S. The van der Waals surface area contributed by atoms with E-state index in [0.29, 0.717) is 11.5 Å². The van der Waals surface area contributed by atoms with Crippen LogP contribution in [0.3, 0.4) is 0 Å². The summed E-state index contributed by atoms with van der Waals surface area (Å²) in [6.07, 6.45) is 0. The summed E-state index contributed by atoms with van der Waals surface area (Å²) in [7, 11) is -3.66. The van der Waals surface area contributed by atoms with Crippen molar-refractivity contribution in [3.8, 4) is 0 Å². The molecule has 1 unspecified atom stereocenters. The Balaban J connectivity index is 2.01. The van der Waals surface area contributed by atoms with E-state index >= 15 is 0 Å². The highest BCUT2D eigenvalue weighted by Crippen LogP contribution is 2.31. The first-order chi connectivity index (χ1) is 11.4. The van der Waals surface area contributed by atoms with Crippen LogP contribution in [-0.2, 0) is 14.8 Å². The molecule has 3 rings (SSSR count). The standard InChI is InChI=1S/C18H20FNO3S/c1-13-3-8-18(14(2)11-13)24(21,22)20-9-10-23-12-17(20)15-4-6-16(19)7-5-15/h3-8,11,17H,9-10,12H2,1-2H3. The topological polar surface area (TPSA) is 46.6 Å². The Labute approximate surface area is 141 Å². The Bertz CT molecular complexity index is 834. The van der Waals surface area contributed by atoms with Crippen LogP contribution in [0.15, 0.2) is 47.4 Å². The van der Waals surface area contributed by atoms with E-state index < -0.39 is 16.1 Å². The molecule has 1 heterocycles.